The van der Waals surface area contributed by atoms with Crippen LogP contribution in [0.5, 0.6) is 0 Å². The number of hydrogen-bond donors (Lipinski definition) is 1. The maximum Gasteiger partial charge on any atom is 0.0399 e. The smallest absolute Gasteiger partial charge is 0.0399 e. The average Bonchev–Trinajstić information content (AvgIpc) is 2.42. The van der Waals surface area contributed by atoms with Crippen molar-refractivity contribution in [3.8, 4) is 0 Å². The predicted octanol–water partition coefficient (Wildman–Crippen LogP) is 3.90. The van der Waals surface area contributed by atoms with E-state index in [4.69, 9.17) is 5.73 Å². The molecule has 2 atom stereocenters. The first-order chi connectivity index (χ1) is 9.94. The van der Waals surface area contributed by atoms with Crippen LogP contribution in [-0.4, -0.2) is 19.1 Å². The van der Waals surface area contributed by atoms with Crippen LogP contribution in [-0.2, 0) is 6.42 Å². The Kier molecular flexibility index (Phi) is 4.00. The maximum atomic E-state index is 6.43. The second kappa shape index (κ2) is 5.64. The van der Waals surface area contributed by atoms with E-state index in [2.05, 4.69) is 43.9 Å². The van der Waals surface area contributed by atoms with Gasteiger partial charge in [0.2, 0.25) is 0 Å². The van der Waals surface area contributed by atoms with Crippen molar-refractivity contribution >= 4 is 5.69 Å². The van der Waals surface area contributed by atoms with Crippen LogP contribution in [0.15, 0.2) is 18.2 Å². The zero-order valence-corrected chi connectivity index (χ0v) is 13.9. The molecule has 1 saturated carbocycles. The van der Waals surface area contributed by atoms with Gasteiger partial charge in [0.15, 0.2) is 0 Å². The fraction of sp³-hybridized carbons (Fsp3) is 0.684. The molecule has 2 aliphatic rings. The van der Waals surface area contributed by atoms with Gasteiger partial charge in [-0.3, -0.25) is 0 Å². The normalized spacial score (nSPS) is 28.3. The number of anilines is 1. The van der Waals surface area contributed by atoms with Crippen molar-refractivity contribution < 1.29 is 0 Å². The zero-order valence-electron chi connectivity index (χ0n) is 13.9. The molecule has 2 N–H and O–H groups in total. The van der Waals surface area contributed by atoms with Crippen LogP contribution in [0.25, 0.3) is 0 Å². The Morgan fingerprint density at radius 1 is 1.33 bits per heavy atom. The molecule has 2 unspecified atom stereocenters. The van der Waals surface area contributed by atoms with Gasteiger partial charge < -0.3 is 10.6 Å². The first-order valence-electron chi connectivity index (χ1n) is 8.55. The second-order valence-electron chi connectivity index (χ2n) is 8.01. The van der Waals surface area contributed by atoms with Crippen LogP contribution in [0.4, 0.5) is 5.69 Å². The molecular weight excluding hydrogens is 256 g/mol. The standard InChI is InChI=1S/C19H30N2/c1-14-6-7-18-15(11-14)5-4-10-21(18)13-16-12-19(2,3)9-8-17(16)20/h6-7,11,16-17H,4-5,8-10,12-13,20H2,1-3H3. The van der Waals surface area contributed by atoms with E-state index in [0.29, 0.717) is 17.4 Å². The van der Waals surface area contributed by atoms with E-state index in [-0.39, 0.29) is 0 Å². The van der Waals surface area contributed by atoms with Crippen molar-refractivity contribution in [2.75, 3.05) is 18.0 Å². The van der Waals surface area contributed by atoms with Gasteiger partial charge in [0.25, 0.3) is 0 Å². The van der Waals surface area contributed by atoms with Crippen LogP contribution in [0, 0.1) is 18.3 Å². The summed E-state index contributed by atoms with van der Waals surface area (Å²) in [6.45, 7) is 9.33. The largest absolute Gasteiger partial charge is 0.371 e. The Hall–Kier alpha value is -1.02. The fourth-order valence-electron chi connectivity index (χ4n) is 4.23. The van der Waals surface area contributed by atoms with Crippen LogP contribution in [0.3, 0.4) is 0 Å². The summed E-state index contributed by atoms with van der Waals surface area (Å²) < 4.78 is 0. The summed E-state index contributed by atoms with van der Waals surface area (Å²) in [5.41, 5.74) is 11.3. The lowest BCUT2D eigenvalue weighted by atomic mass is 9.70. The number of nitrogens with zero attached hydrogens (tertiary/aromatic N) is 1. The van der Waals surface area contributed by atoms with Crippen LogP contribution >= 0.6 is 0 Å². The highest BCUT2D eigenvalue weighted by atomic mass is 15.1. The van der Waals surface area contributed by atoms with Crippen molar-refractivity contribution in [1.82, 2.24) is 0 Å². The molecular formula is C19H30N2. The Labute approximate surface area is 129 Å². The first-order valence-corrected chi connectivity index (χ1v) is 8.55. The molecule has 3 rings (SSSR count). The molecule has 21 heavy (non-hydrogen) atoms. The minimum Gasteiger partial charge on any atom is -0.371 e. The molecule has 2 nitrogen and oxygen atoms in total. The fourth-order valence-corrected chi connectivity index (χ4v) is 4.23. The van der Waals surface area contributed by atoms with Gasteiger partial charge in [-0.25, -0.2) is 0 Å². The SMILES string of the molecule is Cc1ccc2c(c1)CCCN2CC1CC(C)(C)CCC1N. The topological polar surface area (TPSA) is 29.3 Å². The van der Waals surface area contributed by atoms with Crippen molar-refractivity contribution in [1.29, 1.82) is 0 Å². The number of aryl methyl sites for hydroxylation is 2. The maximum absolute atomic E-state index is 6.43. The highest BCUT2D eigenvalue weighted by Crippen LogP contribution is 2.39. The summed E-state index contributed by atoms with van der Waals surface area (Å²) in [5.74, 6) is 0.640. The summed E-state index contributed by atoms with van der Waals surface area (Å²) in [4.78, 5) is 2.60. The third-order valence-electron chi connectivity index (χ3n) is 5.48. The van der Waals surface area contributed by atoms with E-state index in [0.717, 1.165) is 6.54 Å². The lowest BCUT2D eigenvalue weighted by molar-refractivity contribution is 0.160. The van der Waals surface area contributed by atoms with Crippen molar-refractivity contribution in [2.45, 2.75) is 58.9 Å². The molecule has 0 saturated heterocycles. The van der Waals surface area contributed by atoms with Gasteiger partial charge in [0.1, 0.15) is 0 Å². The van der Waals surface area contributed by atoms with Crippen LogP contribution in [0.2, 0.25) is 0 Å². The summed E-state index contributed by atoms with van der Waals surface area (Å²) in [7, 11) is 0. The number of fused-ring (bicyclic) bond motifs is 1. The molecule has 1 aliphatic carbocycles. The predicted molar refractivity (Wildman–Crippen MR) is 90.8 cm³/mol. The Morgan fingerprint density at radius 3 is 2.95 bits per heavy atom. The molecule has 1 aromatic rings. The molecule has 1 heterocycles. The monoisotopic (exact) mass is 286 g/mol. The molecule has 116 valence electrons. The Bertz CT molecular complexity index is 506. The van der Waals surface area contributed by atoms with E-state index in [1.807, 2.05) is 0 Å². The van der Waals surface area contributed by atoms with Crippen molar-refractivity contribution in [3.05, 3.63) is 29.3 Å². The number of hydrogen-bond acceptors (Lipinski definition) is 2. The molecule has 0 amide bonds. The highest BCUT2D eigenvalue weighted by molar-refractivity contribution is 5.56. The number of nitrogens with two attached hydrogens (primary N) is 1. The van der Waals surface area contributed by atoms with Gasteiger partial charge in [-0.1, -0.05) is 31.5 Å². The van der Waals surface area contributed by atoms with E-state index < -0.39 is 0 Å². The van der Waals surface area contributed by atoms with Gasteiger partial charge in [0.05, 0.1) is 0 Å². The number of benzene rings is 1. The third kappa shape index (κ3) is 3.26. The Morgan fingerprint density at radius 2 is 2.14 bits per heavy atom. The molecule has 1 aliphatic heterocycles. The molecule has 2 heteroatoms. The quantitative estimate of drug-likeness (QED) is 0.893. The van der Waals surface area contributed by atoms with Gasteiger partial charge in [-0.05, 0) is 62.0 Å². The van der Waals surface area contributed by atoms with Gasteiger partial charge >= 0.3 is 0 Å². The lowest BCUT2D eigenvalue weighted by Gasteiger charge is -2.43. The molecule has 0 spiro atoms. The molecule has 0 radical (unpaired) electrons. The van der Waals surface area contributed by atoms with E-state index in [1.165, 1.54) is 55.5 Å². The van der Waals surface area contributed by atoms with Crippen molar-refractivity contribution in [3.63, 3.8) is 0 Å². The van der Waals surface area contributed by atoms with Gasteiger partial charge in [-0.15, -0.1) is 0 Å². The summed E-state index contributed by atoms with van der Waals surface area (Å²) in [5, 5.41) is 0. The van der Waals surface area contributed by atoms with Crippen LogP contribution < -0.4 is 10.6 Å². The second-order valence-corrected chi connectivity index (χ2v) is 8.01. The van der Waals surface area contributed by atoms with E-state index >= 15 is 0 Å². The highest BCUT2D eigenvalue weighted by Gasteiger charge is 2.34. The lowest BCUT2D eigenvalue weighted by Crippen LogP contribution is -2.46. The minimum absolute atomic E-state index is 0.383. The van der Waals surface area contributed by atoms with Crippen LogP contribution in [0.1, 0.15) is 50.7 Å². The van der Waals surface area contributed by atoms with E-state index in [9.17, 15) is 0 Å². The third-order valence-corrected chi connectivity index (χ3v) is 5.48. The Balaban J connectivity index is 1.77. The first kappa shape index (κ1) is 14.9. The molecule has 0 bridgehead atoms. The van der Waals surface area contributed by atoms with E-state index in [1.54, 1.807) is 0 Å². The number of rotatable bonds is 2. The molecule has 0 aromatic heterocycles. The van der Waals surface area contributed by atoms with Gasteiger partial charge in [-0.2, -0.15) is 0 Å². The zero-order chi connectivity index (χ0) is 15.0. The van der Waals surface area contributed by atoms with Gasteiger partial charge in [0, 0.05) is 24.8 Å². The summed E-state index contributed by atoms with van der Waals surface area (Å²) in [6.07, 6.45) is 6.25. The summed E-state index contributed by atoms with van der Waals surface area (Å²) >= 11 is 0. The molecule has 1 fully saturated rings. The summed E-state index contributed by atoms with van der Waals surface area (Å²) in [6, 6.07) is 7.33. The average molecular weight is 286 g/mol. The minimum atomic E-state index is 0.383. The van der Waals surface area contributed by atoms with Crippen molar-refractivity contribution in [2.24, 2.45) is 17.1 Å². The molecule has 1 aromatic carbocycles.